The summed E-state index contributed by atoms with van der Waals surface area (Å²) < 4.78 is 13.2. The minimum atomic E-state index is -1.13. The van der Waals surface area contributed by atoms with Crippen LogP contribution in [0.2, 0.25) is 0 Å². The maximum absolute atomic E-state index is 13.7. The van der Waals surface area contributed by atoms with Gasteiger partial charge in [-0.2, -0.15) is 0 Å². The third kappa shape index (κ3) is 4.18. The van der Waals surface area contributed by atoms with Gasteiger partial charge in [0.15, 0.2) is 11.5 Å². The number of benzene rings is 2. The minimum Gasteiger partial charge on any atom is -0.508 e. The topological polar surface area (TPSA) is 141 Å². The summed E-state index contributed by atoms with van der Waals surface area (Å²) in [5.41, 5.74) is 1.93. The van der Waals surface area contributed by atoms with Gasteiger partial charge in [-0.05, 0) is 74.5 Å². The van der Waals surface area contributed by atoms with Crippen LogP contribution in [0.5, 0.6) is 17.2 Å². The van der Waals surface area contributed by atoms with Gasteiger partial charge in [0.1, 0.15) is 17.9 Å². The summed E-state index contributed by atoms with van der Waals surface area (Å²) in [7, 11) is 3.94. The lowest BCUT2D eigenvalue weighted by Crippen LogP contribution is -2.78. The van der Waals surface area contributed by atoms with E-state index >= 15 is 0 Å². The van der Waals surface area contributed by atoms with Gasteiger partial charge in [0.2, 0.25) is 5.91 Å². The van der Waals surface area contributed by atoms with E-state index in [0.717, 1.165) is 31.4 Å². The van der Waals surface area contributed by atoms with Gasteiger partial charge in [-0.1, -0.05) is 32.0 Å². The molecule has 1 spiro atoms. The molecule has 5 N–H and O–H groups in total. The molecule has 226 valence electrons. The van der Waals surface area contributed by atoms with Crippen molar-refractivity contribution in [2.75, 3.05) is 20.7 Å². The second kappa shape index (κ2) is 10.4. The summed E-state index contributed by atoms with van der Waals surface area (Å²) in [6, 6.07) is 8.15. The normalized spacial score (nSPS) is 30.7. The molecular formula is C32H41N3O7. The lowest BCUT2D eigenvalue weighted by Gasteiger charge is -2.65. The van der Waals surface area contributed by atoms with Crippen LogP contribution < -0.4 is 15.4 Å². The Hall–Kier alpha value is -3.34. The maximum Gasteiger partial charge on any atom is 0.326 e. The van der Waals surface area contributed by atoms with Crippen LogP contribution in [0.15, 0.2) is 36.4 Å². The molecule has 1 saturated carbocycles. The highest BCUT2D eigenvalue weighted by Crippen LogP contribution is 2.66. The third-order valence-electron chi connectivity index (χ3n) is 10.4. The molecule has 2 aromatic rings. The van der Waals surface area contributed by atoms with E-state index in [0.29, 0.717) is 17.7 Å². The van der Waals surface area contributed by atoms with Crippen LogP contribution in [-0.4, -0.2) is 88.7 Å². The Morgan fingerprint density at radius 2 is 1.88 bits per heavy atom. The van der Waals surface area contributed by atoms with Gasteiger partial charge in [0.25, 0.3) is 0 Å². The summed E-state index contributed by atoms with van der Waals surface area (Å²) in [5, 5.41) is 36.8. The van der Waals surface area contributed by atoms with Crippen LogP contribution in [0, 0.1) is 5.92 Å². The van der Waals surface area contributed by atoms with Crippen molar-refractivity contribution in [2.24, 2.45) is 5.92 Å². The number of phenols is 2. The molecular weight excluding hydrogens is 538 g/mol. The molecule has 1 amide bonds. The standard InChI is InChI=1S/C32H41N3O7/c1-17(2)26(29(38)34-22(30(39)40)15-18-5-8-20(36)9-6-18)33-21-11-12-32(41-4)24-16-19-7-10-23(37)27-25(19)31(32,28(21)42-27)13-14-35(24)3/h5-10,17,21-22,24,26,28,33,36-37H,11-16H2,1-4H3,(H,34,38)(H,39,40)/t21-,22+,24?,26+,28+,31?,32-/m1/s1. The van der Waals surface area contributed by atoms with E-state index in [-0.39, 0.29) is 47.9 Å². The Labute approximate surface area is 246 Å². The number of ether oxygens (including phenoxy) is 2. The number of hydrogen-bond acceptors (Lipinski definition) is 8. The molecule has 0 radical (unpaired) electrons. The number of carbonyl (C=O) groups excluding carboxylic acids is 1. The number of rotatable bonds is 9. The SMILES string of the molecule is CO[C@@]12CC[C@@H](N[C@H](C(=O)N[C@@H](Cc3ccc(O)cc3)C(=O)O)C(C)C)[C@@H]3Oc4c(O)ccc5c4C31CCN(C)C2C5. The molecule has 10 nitrogen and oxygen atoms in total. The molecule has 2 bridgehead atoms. The third-order valence-corrected chi connectivity index (χ3v) is 10.4. The summed E-state index contributed by atoms with van der Waals surface area (Å²) in [6.45, 7) is 4.74. The fraction of sp³-hybridized carbons (Fsp3) is 0.562. The number of likely N-dealkylation sites (N-methyl/N-ethyl adjacent to an activating group) is 1. The van der Waals surface area contributed by atoms with E-state index in [9.17, 15) is 24.9 Å². The first kappa shape index (κ1) is 28.8. The zero-order valence-electron chi connectivity index (χ0n) is 24.6. The molecule has 2 heterocycles. The smallest absolute Gasteiger partial charge is 0.326 e. The number of amides is 1. The van der Waals surface area contributed by atoms with Crippen LogP contribution >= 0.6 is 0 Å². The van der Waals surface area contributed by atoms with Crippen LogP contribution in [-0.2, 0) is 32.6 Å². The average molecular weight is 580 g/mol. The van der Waals surface area contributed by atoms with Gasteiger partial charge in [-0.25, -0.2) is 4.79 Å². The van der Waals surface area contributed by atoms with Gasteiger partial charge in [0.05, 0.1) is 17.1 Å². The minimum absolute atomic E-state index is 0.0903. The Kier molecular flexibility index (Phi) is 7.14. The predicted octanol–water partition coefficient (Wildman–Crippen LogP) is 2.33. The van der Waals surface area contributed by atoms with E-state index in [1.54, 1.807) is 25.3 Å². The first-order chi connectivity index (χ1) is 20.0. The molecule has 7 atom stereocenters. The van der Waals surface area contributed by atoms with Gasteiger partial charge >= 0.3 is 5.97 Å². The quantitative estimate of drug-likeness (QED) is 0.303. The van der Waals surface area contributed by atoms with Gasteiger partial charge in [0, 0.05) is 31.2 Å². The first-order valence-electron chi connectivity index (χ1n) is 14.9. The summed E-state index contributed by atoms with van der Waals surface area (Å²) in [4.78, 5) is 28.2. The fourth-order valence-corrected chi connectivity index (χ4v) is 8.44. The number of piperidine rings is 1. The van der Waals surface area contributed by atoms with Crippen molar-refractivity contribution in [3.63, 3.8) is 0 Å². The molecule has 2 unspecified atom stereocenters. The van der Waals surface area contributed by atoms with E-state index in [4.69, 9.17) is 9.47 Å². The molecule has 2 aliphatic carbocycles. The lowest BCUT2D eigenvalue weighted by molar-refractivity contribution is -0.204. The number of likely N-dealkylation sites (tertiary alicyclic amines) is 1. The zero-order valence-corrected chi connectivity index (χ0v) is 24.6. The van der Waals surface area contributed by atoms with Crippen LogP contribution in [0.1, 0.15) is 49.8 Å². The van der Waals surface area contributed by atoms with Gasteiger partial charge < -0.3 is 35.0 Å². The van der Waals surface area contributed by atoms with Crippen molar-refractivity contribution in [1.82, 2.24) is 15.5 Å². The molecule has 6 rings (SSSR count). The molecule has 2 fully saturated rings. The van der Waals surface area contributed by atoms with Crippen molar-refractivity contribution in [3.8, 4) is 17.2 Å². The number of hydrogen-bond donors (Lipinski definition) is 5. The number of carboxylic acids is 1. The largest absolute Gasteiger partial charge is 0.508 e. The number of aromatic hydroxyl groups is 2. The average Bonchev–Trinajstić information content (AvgIpc) is 3.32. The Morgan fingerprint density at radius 3 is 2.55 bits per heavy atom. The van der Waals surface area contributed by atoms with Crippen molar-refractivity contribution in [2.45, 2.75) is 87.2 Å². The predicted molar refractivity (Wildman–Crippen MR) is 155 cm³/mol. The second-order valence-corrected chi connectivity index (χ2v) is 12.8. The van der Waals surface area contributed by atoms with Crippen molar-refractivity contribution in [1.29, 1.82) is 0 Å². The summed E-state index contributed by atoms with van der Waals surface area (Å²) >= 11 is 0. The highest BCUT2D eigenvalue weighted by Gasteiger charge is 2.73. The van der Waals surface area contributed by atoms with Gasteiger partial charge in [-0.3, -0.25) is 10.1 Å². The number of carboxylic acid groups (broad SMARTS) is 1. The molecule has 0 aromatic heterocycles. The lowest BCUT2D eigenvalue weighted by atomic mass is 9.48. The Balaban J connectivity index is 1.29. The monoisotopic (exact) mass is 579 g/mol. The number of phenolic OH excluding ortho intramolecular Hbond substituents is 2. The molecule has 42 heavy (non-hydrogen) atoms. The Bertz CT molecular complexity index is 1380. The summed E-state index contributed by atoms with van der Waals surface area (Å²) in [6.07, 6.45) is 2.79. The molecule has 2 aromatic carbocycles. The van der Waals surface area contributed by atoms with E-state index in [1.165, 1.54) is 17.7 Å². The van der Waals surface area contributed by atoms with Crippen LogP contribution in [0.4, 0.5) is 0 Å². The highest BCUT2D eigenvalue weighted by molar-refractivity contribution is 5.87. The van der Waals surface area contributed by atoms with E-state index in [1.807, 2.05) is 19.9 Å². The number of aliphatic carboxylic acids is 1. The van der Waals surface area contributed by atoms with Crippen molar-refractivity contribution >= 4 is 11.9 Å². The van der Waals surface area contributed by atoms with Crippen LogP contribution in [0.25, 0.3) is 0 Å². The number of nitrogens with zero attached hydrogens (tertiary/aromatic N) is 1. The number of methoxy groups -OCH3 is 1. The zero-order chi connectivity index (χ0) is 30.0. The molecule has 2 aliphatic heterocycles. The van der Waals surface area contributed by atoms with E-state index < -0.39 is 29.1 Å². The summed E-state index contributed by atoms with van der Waals surface area (Å²) in [5.74, 6) is -0.909. The molecule has 1 saturated heterocycles. The Morgan fingerprint density at radius 1 is 1.14 bits per heavy atom. The maximum atomic E-state index is 13.7. The fourth-order valence-electron chi connectivity index (χ4n) is 8.44. The van der Waals surface area contributed by atoms with Crippen molar-refractivity contribution in [3.05, 3.63) is 53.1 Å². The molecule has 10 heteroatoms. The number of carbonyl (C=O) groups is 2. The van der Waals surface area contributed by atoms with Gasteiger partial charge in [-0.15, -0.1) is 0 Å². The molecule has 4 aliphatic rings. The highest BCUT2D eigenvalue weighted by atomic mass is 16.5. The van der Waals surface area contributed by atoms with E-state index in [2.05, 4.69) is 22.6 Å². The first-order valence-corrected chi connectivity index (χ1v) is 14.9. The van der Waals surface area contributed by atoms with Crippen molar-refractivity contribution < 1.29 is 34.4 Å². The second-order valence-electron chi connectivity index (χ2n) is 12.8. The number of nitrogens with one attached hydrogen (secondary N) is 2. The van der Waals surface area contributed by atoms with Crippen LogP contribution in [0.3, 0.4) is 0 Å².